The van der Waals surface area contributed by atoms with Gasteiger partial charge in [-0.2, -0.15) is 0 Å². The topological polar surface area (TPSA) is 99.7 Å². The summed E-state index contributed by atoms with van der Waals surface area (Å²) in [4.78, 5) is 16.2. The van der Waals surface area contributed by atoms with Gasteiger partial charge in [-0.1, -0.05) is 6.42 Å². The fraction of sp³-hybridized carbons (Fsp3) is 0.529. The van der Waals surface area contributed by atoms with Crippen LogP contribution in [0.15, 0.2) is 34.2 Å². The van der Waals surface area contributed by atoms with E-state index in [2.05, 4.69) is 20.3 Å². The van der Waals surface area contributed by atoms with E-state index in [1.807, 2.05) is 0 Å². The number of amides is 2. The number of nitrogens with one attached hydrogen (secondary N) is 3. The Kier molecular flexibility index (Phi) is 5.57. The summed E-state index contributed by atoms with van der Waals surface area (Å²) in [6.07, 6.45) is 6.00. The molecule has 0 radical (unpaired) electrons. The highest BCUT2D eigenvalue weighted by Crippen LogP contribution is 2.27. The molecule has 0 unspecified atom stereocenters. The smallest absolute Gasteiger partial charge is 0.319 e. The summed E-state index contributed by atoms with van der Waals surface area (Å²) in [5.41, 5.74) is 0.555. The Labute approximate surface area is 148 Å². The van der Waals surface area contributed by atoms with Crippen molar-refractivity contribution in [1.29, 1.82) is 0 Å². The molecule has 1 heterocycles. The predicted octanol–water partition coefficient (Wildman–Crippen LogP) is 2.47. The van der Waals surface area contributed by atoms with Gasteiger partial charge in [-0.25, -0.2) is 13.2 Å². The molecule has 8 heteroatoms. The summed E-state index contributed by atoms with van der Waals surface area (Å²) in [6.45, 7) is 1.35. The number of carbonyl (C=O) groups excluding carboxylic acids is 1. The Morgan fingerprint density at radius 3 is 2.60 bits per heavy atom. The number of urea groups is 1. The summed E-state index contributed by atoms with van der Waals surface area (Å²) >= 11 is 0. The van der Waals surface area contributed by atoms with Gasteiger partial charge in [0, 0.05) is 25.2 Å². The summed E-state index contributed by atoms with van der Waals surface area (Å²) in [5, 5.41) is 5.51. The molecule has 1 saturated carbocycles. The number of benzene rings is 1. The van der Waals surface area contributed by atoms with Crippen LogP contribution in [0.4, 0.5) is 10.5 Å². The summed E-state index contributed by atoms with van der Waals surface area (Å²) in [6, 6.07) is 5.86. The highest BCUT2D eigenvalue weighted by atomic mass is 32.2. The third kappa shape index (κ3) is 5.45. The second-order valence-corrected chi connectivity index (χ2v) is 8.23. The zero-order chi connectivity index (χ0) is 17.7. The number of rotatable bonds is 5. The predicted molar refractivity (Wildman–Crippen MR) is 97.3 cm³/mol. The van der Waals surface area contributed by atoms with Gasteiger partial charge in [-0.15, -0.1) is 0 Å². The van der Waals surface area contributed by atoms with Gasteiger partial charge in [0.15, 0.2) is 0 Å². The first-order chi connectivity index (χ1) is 12.0. The molecule has 1 aromatic carbocycles. The van der Waals surface area contributed by atoms with Crippen LogP contribution < -0.4 is 15.4 Å². The lowest BCUT2D eigenvalue weighted by Crippen LogP contribution is -2.31. The molecule has 2 amide bonds. The molecule has 0 bridgehead atoms. The van der Waals surface area contributed by atoms with Crippen LogP contribution in [-0.4, -0.2) is 33.4 Å². The summed E-state index contributed by atoms with van der Waals surface area (Å²) in [7, 11) is -3.64. The Bertz CT molecular complexity index is 740. The average molecular weight is 364 g/mol. The van der Waals surface area contributed by atoms with E-state index in [0.717, 1.165) is 19.3 Å². The van der Waals surface area contributed by atoms with Gasteiger partial charge in [0.2, 0.25) is 0 Å². The average Bonchev–Trinajstić information content (AvgIpc) is 3.41. The fourth-order valence-electron chi connectivity index (χ4n) is 2.62. The number of hydrogen-bond acceptors (Lipinski definition) is 4. The molecule has 1 aromatic rings. The Morgan fingerprint density at radius 2 is 1.88 bits per heavy atom. The number of sulfonamides is 1. The Balaban J connectivity index is 1.58. The molecule has 0 spiro atoms. The van der Waals surface area contributed by atoms with Crippen LogP contribution in [0.2, 0.25) is 0 Å². The largest absolute Gasteiger partial charge is 0.338 e. The van der Waals surface area contributed by atoms with Crippen LogP contribution in [0.1, 0.15) is 38.5 Å². The van der Waals surface area contributed by atoms with E-state index in [9.17, 15) is 13.2 Å². The maximum absolute atomic E-state index is 12.4. The van der Waals surface area contributed by atoms with Crippen molar-refractivity contribution in [2.45, 2.75) is 43.4 Å². The van der Waals surface area contributed by atoms with Crippen LogP contribution in [-0.2, 0) is 10.0 Å². The number of anilines is 1. The van der Waals surface area contributed by atoms with Gasteiger partial charge in [0.05, 0.1) is 4.90 Å². The lowest BCUT2D eigenvalue weighted by atomic mass is 10.2. The molecule has 0 saturated heterocycles. The van der Waals surface area contributed by atoms with Gasteiger partial charge < -0.3 is 10.6 Å². The fourth-order valence-corrected chi connectivity index (χ4v) is 3.71. The van der Waals surface area contributed by atoms with E-state index >= 15 is 0 Å². The molecule has 0 atom stereocenters. The first kappa shape index (κ1) is 17.7. The molecule has 1 aliphatic heterocycles. The van der Waals surface area contributed by atoms with Gasteiger partial charge in [-0.05, 0) is 55.9 Å². The van der Waals surface area contributed by atoms with E-state index in [1.165, 1.54) is 25.0 Å². The monoisotopic (exact) mass is 364 g/mol. The van der Waals surface area contributed by atoms with Gasteiger partial charge in [0.1, 0.15) is 5.84 Å². The highest BCUT2D eigenvalue weighted by molar-refractivity contribution is 7.90. The van der Waals surface area contributed by atoms with Crippen LogP contribution in [0.25, 0.3) is 0 Å². The van der Waals surface area contributed by atoms with E-state index in [0.29, 0.717) is 37.0 Å². The maximum Gasteiger partial charge on any atom is 0.319 e. The minimum atomic E-state index is -3.64. The second-order valence-electron chi connectivity index (χ2n) is 6.55. The van der Waals surface area contributed by atoms with Crippen molar-refractivity contribution in [2.75, 3.05) is 18.4 Å². The first-order valence-electron chi connectivity index (χ1n) is 8.74. The maximum atomic E-state index is 12.4. The van der Waals surface area contributed by atoms with Gasteiger partial charge in [0.25, 0.3) is 10.0 Å². The van der Waals surface area contributed by atoms with Crippen LogP contribution in [0.5, 0.6) is 0 Å². The number of hydrogen-bond donors (Lipinski definition) is 3. The highest BCUT2D eigenvalue weighted by Gasteiger charge is 2.21. The van der Waals surface area contributed by atoms with E-state index < -0.39 is 10.0 Å². The molecule has 0 aromatic heterocycles. The third-order valence-electron chi connectivity index (χ3n) is 4.30. The number of carbonyl (C=O) groups is 1. The van der Waals surface area contributed by atoms with Crippen molar-refractivity contribution in [3.05, 3.63) is 24.3 Å². The minimum Gasteiger partial charge on any atom is -0.338 e. The lowest BCUT2D eigenvalue weighted by Gasteiger charge is -2.11. The Morgan fingerprint density at radius 1 is 1.12 bits per heavy atom. The Hall–Kier alpha value is -2.09. The number of aliphatic imine (C=N–C) groups is 1. The van der Waals surface area contributed by atoms with Gasteiger partial charge in [-0.3, -0.25) is 9.71 Å². The van der Waals surface area contributed by atoms with Crippen LogP contribution in [0.3, 0.4) is 0 Å². The van der Waals surface area contributed by atoms with Crippen LogP contribution >= 0.6 is 0 Å². The summed E-state index contributed by atoms with van der Waals surface area (Å²) in [5.74, 6) is 1.13. The van der Waals surface area contributed by atoms with Crippen molar-refractivity contribution in [3.63, 3.8) is 0 Å². The van der Waals surface area contributed by atoms with Crippen LogP contribution in [0, 0.1) is 5.92 Å². The molecular formula is C17H24N4O3S. The molecule has 7 nitrogen and oxygen atoms in total. The molecular weight excluding hydrogens is 340 g/mol. The molecule has 1 fully saturated rings. The first-order valence-corrected chi connectivity index (χ1v) is 10.2. The van der Waals surface area contributed by atoms with Crippen molar-refractivity contribution in [3.8, 4) is 0 Å². The zero-order valence-corrected chi connectivity index (χ0v) is 14.9. The number of amidine groups is 1. The molecule has 2 aliphatic rings. The molecule has 1 aliphatic carbocycles. The summed E-state index contributed by atoms with van der Waals surface area (Å²) < 4.78 is 27.5. The SMILES string of the molecule is O=C(NCC1CC1)Nc1ccc(S(=O)(=O)NC2=NCCCCC2)cc1. The zero-order valence-electron chi connectivity index (χ0n) is 14.1. The standard InChI is InChI=1S/C17H24N4O3S/c22-17(19-12-13-5-6-13)20-14-7-9-15(10-8-14)25(23,24)21-16-4-2-1-3-11-18-16/h7-10,13H,1-6,11-12H2,(H,18,21)(H2,19,20,22). The van der Waals surface area contributed by atoms with E-state index in [-0.39, 0.29) is 10.9 Å². The molecule has 25 heavy (non-hydrogen) atoms. The van der Waals surface area contributed by atoms with E-state index in [4.69, 9.17) is 0 Å². The van der Waals surface area contributed by atoms with Crippen molar-refractivity contribution < 1.29 is 13.2 Å². The molecule has 3 N–H and O–H groups in total. The van der Waals surface area contributed by atoms with Crippen molar-refractivity contribution in [1.82, 2.24) is 10.0 Å². The van der Waals surface area contributed by atoms with Gasteiger partial charge >= 0.3 is 6.03 Å². The minimum absolute atomic E-state index is 0.156. The third-order valence-corrected chi connectivity index (χ3v) is 5.69. The van der Waals surface area contributed by atoms with Crippen molar-refractivity contribution >= 4 is 27.6 Å². The number of nitrogens with zero attached hydrogens (tertiary/aromatic N) is 1. The quantitative estimate of drug-likeness (QED) is 0.748. The van der Waals surface area contributed by atoms with Crippen molar-refractivity contribution in [2.24, 2.45) is 10.9 Å². The normalized spacial score (nSPS) is 18.0. The molecule has 3 rings (SSSR count). The molecule has 136 valence electrons. The van der Waals surface area contributed by atoms with E-state index in [1.54, 1.807) is 12.1 Å². The lowest BCUT2D eigenvalue weighted by molar-refractivity contribution is 0.251. The second kappa shape index (κ2) is 7.86.